The largest absolute Gasteiger partial charge is 0.353 e. The quantitative estimate of drug-likeness (QED) is 0.513. The predicted octanol–water partition coefficient (Wildman–Crippen LogP) is 3.58. The molecule has 0 heterocycles. The van der Waals surface area contributed by atoms with Gasteiger partial charge in [-0.05, 0) is 43.5 Å². The number of benzene rings is 1. The van der Waals surface area contributed by atoms with Crippen molar-refractivity contribution in [2.75, 3.05) is 12.3 Å². The average Bonchev–Trinajstić information content (AvgIpc) is 2.51. The molecule has 0 radical (unpaired) electrons. The van der Waals surface area contributed by atoms with Gasteiger partial charge in [-0.2, -0.15) is 0 Å². The molecule has 1 aromatic carbocycles. The summed E-state index contributed by atoms with van der Waals surface area (Å²) in [5.74, 6) is 0.616. The van der Waals surface area contributed by atoms with Crippen molar-refractivity contribution < 1.29 is 4.79 Å². The van der Waals surface area contributed by atoms with Gasteiger partial charge in [-0.1, -0.05) is 32.9 Å². The molecule has 0 spiro atoms. The molecule has 1 amide bonds. The zero-order chi connectivity index (χ0) is 15.5. The molecule has 0 aliphatic carbocycles. The van der Waals surface area contributed by atoms with Gasteiger partial charge in [0.15, 0.2) is 0 Å². The first kappa shape index (κ1) is 18.1. The maximum atomic E-state index is 11.9. The molecular weight excluding hydrogens is 280 g/mol. The van der Waals surface area contributed by atoms with Gasteiger partial charge in [-0.25, -0.2) is 0 Å². The first-order valence-electron chi connectivity index (χ1n) is 7.91. The minimum Gasteiger partial charge on any atom is -0.353 e. The van der Waals surface area contributed by atoms with Gasteiger partial charge < -0.3 is 10.6 Å². The van der Waals surface area contributed by atoms with Crippen LogP contribution < -0.4 is 10.6 Å². The maximum Gasteiger partial charge on any atom is 0.230 e. The van der Waals surface area contributed by atoms with E-state index >= 15 is 0 Å². The predicted molar refractivity (Wildman–Crippen MR) is 91.7 cm³/mol. The van der Waals surface area contributed by atoms with Crippen molar-refractivity contribution >= 4 is 17.7 Å². The lowest BCUT2D eigenvalue weighted by molar-refractivity contribution is -0.119. The third-order valence-electron chi connectivity index (χ3n) is 3.37. The number of hydrogen-bond acceptors (Lipinski definition) is 3. The fourth-order valence-electron chi connectivity index (χ4n) is 2.07. The Bertz CT molecular complexity index is 419. The van der Waals surface area contributed by atoms with Crippen LogP contribution in [0.15, 0.2) is 29.2 Å². The highest BCUT2D eigenvalue weighted by Crippen LogP contribution is 2.19. The van der Waals surface area contributed by atoms with Gasteiger partial charge in [-0.15, -0.1) is 11.8 Å². The highest BCUT2D eigenvalue weighted by Gasteiger charge is 2.08. The number of carbonyl (C=O) groups is 1. The number of rotatable bonds is 10. The van der Waals surface area contributed by atoms with Gasteiger partial charge in [0.25, 0.3) is 0 Å². The summed E-state index contributed by atoms with van der Waals surface area (Å²) in [7, 11) is 0. The summed E-state index contributed by atoms with van der Waals surface area (Å²) in [5, 5.41) is 6.47. The molecule has 118 valence electrons. The zero-order valence-corrected chi connectivity index (χ0v) is 14.3. The van der Waals surface area contributed by atoms with Crippen molar-refractivity contribution in [3.8, 4) is 0 Å². The van der Waals surface area contributed by atoms with Gasteiger partial charge in [0.2, 0.25) is 5.91 Å². The number of carbonyl (C=O) groups excluding carboxylic acids is 1. The van der Waals surface area contributed by atoms with E-state index in [0.29, 0.717) is 11.8 Å². The Balaban J connectivity index is 2.40. The van der Waals surface area contributed by atoms with E-state index in [0.717, 1.165) is 37.2 Å². The minimum atomic E-state index is 0.128. The second-order valence-corrected chi connectivity index (χ2v) is 6.24. The molecule has 4 heteroatoms. The van der Waals surface area contributed by atoms with Crippen LogP contribution >= 0.6 is 11.8 Å². The van der Waals surface area contributed by atoms with Crippen LogP contribution in [0, 0.1) is 0 Å². The first-order valence-corrected chi connectivity index (χ1v) is 8.89. The summed E-state index contributed by atoms with van der Waals surface area (Å²) in [5.41, 5.74) is 1.27. The normalized spacial score (nSPS) is 10.9. The summed E-state index contributed by atoms with van der Waals surface area (Å²) in [6, 6.07) is 8.72. The molecule has 0 fully saturated rings. The monoisotopic (exact) mass is 308 g/mol. The topological polar surface area (TPSA) is 41.1 Å². The molecule has 0 saturated heterocycles. The SMILES string of the molecule is CCCNCc1cccc(SCC(=O)NC(CC)CC)c1. The molecule has 3 nitrogen and oxygen atoms in total. The molecule has 1 aromatic rings. The zero-order valence-electron chi connectivity index (χ0n) is 13.4. The Morgan fingerprint density at radius 3 is 2.67 bits per heavy atom. The van der Waals surface area contributed by atoms with Crippen molar-refractivity contribution in [2.24, 2.45) is 0 Å². The number of hydrogen-bond donors (Lipinski definition) is 2. The molecule has 0 saturated carbocycles. The Morgan fingerprint density at radius 2 is 2.00 bits per heavy atom. The van der Waals surface area contributed by atoms with Crippen LogP contribution in [0.4, 0.5) is 0 Å². The van der Waals surface area contributed by atoms with Crippen LogP contribution in [0.1, 0.15) is 45.6 Å². The van der Waals surface area contributed by atoms with E-state index in [-0.39, 0.29) is 5.91 Å². The smallest absolute Gasteiger partial charge is 0.230 e. The highest BCUT2D eigenvalue weighted by molar-refractivity contribution is 8.00. The van der Waals surface area contributed by atoms with Gasteiger partial charge in [0.05, 0.1) is 5.75 Å². The Kier molecular flexibility index (Phi) is 9.19. The van der Waals surface area contributed by atoms with Crippen molar-refractivity contribution in [3.05, 3.63) is 29.8 Å². The minimum absolute atomic E-state index is 0.128. The molecule has 21 heavy (non-hydrogen) atoms. The molecule has 0 aliphatic rings. The van der Waals surface area contributed by atoms with E-state index in [9.17, 15) is 4.79 Å². The van der Waals surface area contributed by atoms with E-state index in [1.54, 1.807) is 11.8 Å². The lowest BCUT2D eigenvalue weighted by atomic mass is 10.2. The molecule has 0 atom stereocenters. The van der Waals surface area contributed by atoms with Gasteiger partial charge in [0.1, 0.15) is 0 Å². The summed E-state index contributed by atoms with van der Waals surface area (Å²) < 4.78 is 0. The summed E-state index contributed by atoms with van der Waals surface area (Å²) >= 11 is 1.61. The fourth-order valence-corrected chi connectivity index (χ4v) is 2.86. The Labute approximate surface area is 133 Å². The highest BCUT2D eigenvalue weighted by atomic mass is 32.2. The number of amides is 1. The van der Waals surface area contributed by atoms with E-state index in [1.165, 1.54) is 5.56 Å². The second-order valence-electron chi connectivity index (χ2n) is 5.19. The molecule has 0 bridgehead atoms. The molecule has 0 aromatic heterocycles. The Morgan fingerprint density at radius 1 is 1.24 bits per heavy atom. The number of nitrogens with one attached hydrogen (secondary N) is 2. The van der Waals surface area contributed by atoms with Crippen LogP contribution in [0.3, 0.4) is 0 Å². The van der Waals surface area contributed by atoms with Crippen LogP contribution in [0.5, 0.6) is 0 Å². The third-order valence-corrected chi connectivity index (χ3v) is 4.37. The van der Waals surface area contributed by atoms with Crippen molar-refractivity contribution in [1.82, 2.24) is 10.6 Å². The maximum absolute atomic E-state index is 11.9. The molecule has 2 N–H and O–H groups in total. The van der Waals surface area contributed by atoms with Crippen LogP contribution in [0.25, 0.3) is 0 Å². The van der Waals surface area contributed by atoms with E-state index < -0.39 is 0 Å². The van der Waals surface area contributed by atoms with Crippen molar-refractivity contribution in [1.29, 1.82) is 0 Å². The molecule has 0 aliphatic heterocycles. The molecular formula is C17H28N2OS. The fraction of sp³-hybridized carbons (Fsp3) is 0.588. The summed E-state index contributed by atoms with van der Waals surface area (Å²) in [4.78, 5) is 13.1. The van der Waals surface area contributed by atoms with E-state index in [2.05, 4.69) is 55.7 Å². The standard InChI is InChI=1S/C17H28N2OS/c1-4-10-18-12-14-8-7-9-16(11-14)21-13-17(20)19-15(5-2)6-3/h7-9,11,15,18H,4-6,10,12-13H2,1-3H3,(H,19,20). The van der Waals surface area contributed by atoms with Crippen LogP contribution in [-0.2, 0) is 11.3 Å². The van der Waals surface area contributed by atoms with Crippen LogP contribution in [0.2, 0.25) is 0 Å². The van der Waals surface area contributed by atoms with E-state index in [1.807, 2.05) is 0 Å². The first-order chi connectivity index (χ1) is 10.2. The summed E-state index contributed by atoms with van der Waals surface area (Å²) in [6.45, 7) is 8.30. The van der Waals surface area contributed by atoms with Gasteiger partial charge in [0, 0.05) is 17.5 Å². The molecule has 0 unspecified atom stereocenters. The van der Waals surface area contributed by atoms with Gasteiger partial charge in [-0.3, -0.25) is 4.79 Å². The number of thioether (sulfide) groups is 1. The summed E-state index contributed by atoms with van der Waals surface area (Å²) in [6.07, 6.45) is 3.13. The van der Waals surface area contributed by atoms with E-state index in [4.69, 9.17) is 0 Å². The van der Waals surface area contributed by atoms with Crippen molar-refractivity contribution in [3.63, 3.8) is 0 Å². The lowest BCUT2D eigenvalue weighted by Gasteiger charge is -2.14. The third kappa shape index (κ3) is 7.53. The van der Waals surface area contributed by atoms with Crippen LogP contribution in [-0.4, -0.2) is 24.2 Å². The van der Waals surface area contributed by atoms with Crippen molar-refractivity contribution in [2.45, 2.75) is 57.5 Å². The lowest BCUT2D eigenvalue weighted by Crippen LogP contribution is -2.34. The second kappa shape index (κ2) is 10.7. The molecule has 1 rings (SSSR count). The Hall–Kier alpha value is -1.00. The average molecular weight is 308 g/mol. The van der Waals surface area contributed by atoms with Gasteiger partial charge >= 0.3 is 0 Å².